The molecule has 1 unspecified atom stereocenters. The summed E-state index contributed by atoms with van der Waals surface area (Å²) in [6, 6.07) is 7.65. The lowest BCUT2D eigenvalue weighted by Gasteiger charge is -2.26. The van der Waals surface area contributed by atoms with Gasteiger partial charge in [-0.25, -0.2) is 24.2 Å². The Kier molecular flexibility index (Phi) is 10.7. The maximum absolute atomic E-state index is 14.5. The van der Waals surface area contributed by atoms with Crippen LogP contribution in [0.2, 0.25) is 0 Å². The molecule has 220 valence electrons. The van der Waals surface area contributed by atoms with Crippen LogP contribution in [0.5, 0.6) is 5.75 Å². The van der Waals surface area contributed by atoms with Crippen LogP contribution in [0, 0.1) is 5.82 Å². The van der Waals surface area contributed by atoms with Crippen LogP contribution in [0.1, 0.15) is 39.0 Å². The molecule has 1 N–H and O–H groups in total. The first-order valence-corrected chi connectivity index (χ1v) is 15.9. The zero-order chi connectivity index (χ0) is 29.7. The number of hydrogen-bond acceptors (Lipinski definition) is 6. The van der Waals surface area contributed by atoms with Crippen molar-refractivity contribution in [3.8, 4) is 5.75 Å². The van der Waals surface area contributed by atoms with Gasteiger partial charge in [0, 0.05) is 22.3 Å². The summed E-state index contributed by atoms with van der Waals surface area (Å²) in [5.74, 6) is -0.315. The smallest absolute Gasteiger partial charge is 0.433 e. The average molecular weight is 651 g/mol. The Morgan fingerprint density at radius 1 is 1.15 bits per heavy atom. The summed E-state index contributed by atoms with van der Waals surface area (Å²) < 4.78 is 74.1. The summed E-state index contributed by atoms with van der Waals surface area (Å²) in [4.78, 5) is 16.5. The fourth-order valence-electron chi connectivity index (χ4n) is 3.93. The predicted octanol–water partition coefficient (Wildman–Crippen LogP) is 6.15. The Morgan fingerprint density at radius 2 is 1.88 bits per heavy atom. The number of ether oxygens (including phenoxy) is 3. The molecule has 0 amide bonds. The lowest BCUT2D eigenvalue weighted by molar-refractivity contribution is -0.146. The molecule has 2 aromatic carbocycles. The Balaban J connectivity index is 2.09. The molecule has 1 aromatic heterocycles. The van der Waals surface area contributed by atoms with E-state index in [1.54, 1.807) is 18.2 Å². The molecule has 0 aliphatic heterocycles. The summed E-state index contributed by atoms with van der Waals surface area (Å²) in [6.45, 7) is -0.151. The van der Waals surface area contributed by atoms with Crippen molar-refractivity contribution in [1.29, 1.82) is 0 Å². The van der Waals surface area contributed by atoms with Gasteiger partial charge in [-0.2, -0.15) is 13.2 Å². The van der Waals surface area contributed by atoms with Crippen molar-refractivity contribution in [2.24, 2.45) is 0 Å². The van der Waals surface area contributed by atoms with Crippen LogP contribution in [-0.2, 0) is 28.9 Å². The largest absolute Gasteiger partial charge is 0.496 e. The molecule has 0 saturated carbocycles. The Morgan fingerprint density at radius 3 is 2.50 bits per heavy atom. The van der Waals surface area contributed by atoms with Gasteiger partial charge in [0.25, 0.3) is 0 Å². The first kappa shape index (κ1) is 31.9. The van der Waals surface area contributed by atoms with E-state index >= 15 is 0 Å². The normalized spacial score (nSPS) is 13.2. The number of aromatic nitrogens is 2. The van der Waals surface area contributed by atoms with Gasteiger partial charge in [0.1, 0.15) is 29.8 Å². The first-order chi connectivity index (χ1) is 18.7. The van der Waals surface area contributed by atoms with E-state index in [-0.39, 0.29) is 35.9 Å². The molecular formula is C27H32BrF4N3O4S. The molecule has 0 spiro atoms. The third kappa shape index (κ3) is 8.21. The molecule has 0 radical (unpaired) electrons. The molecule has 0 aliphatic carbocycles. The number of methoxy groups -OCH3 is 2. The number of carbonyl (C=O) groups excluding carboxylic acids is 1. The van der Waals surface area contributed by atoms with Gasteiger partial charge in [-0.3, -0.25) is 9.88 Å². The van der Waals surface area contributed by atoms with Crippen LogP contribution in [0.3, 0.4) is 0 Å². The summed E-state index contributed by atoms with van der Waals surface area (Å²) in [6.07, 6.45) is 2.26. The highest BCUT2D eigenvalue weighted by molar-refractivity contribution is 9.10. The van der Waals surface area contributed by atoms with E-state index in [0.29, 0.717) is 15.8 Å². The SMILES string of the molecule is COC(=O)c1cc(Br)ccc1CNC(c1cc(F)ccc1OC)c1ncc(C(F)(F)F)n1COCCS(C)(C)C. The van der Waals surface area contributed by atoms with Crippen molar-refractivity contribution < 1.29 is 36.6 Å². The lowest BCUT2D eigenvalue weighted by Crippen LogP contribution is -2.28. The van der Waals surface area contributed by atoms with E-state index in [1.807, 2.05) is 0 Å². The second-order valence-corrected chi connectivity index (χ2v) is 15.3. The molecule has 0 bridgehead atoms. The highest BCUT2D eigenvalue weighted by Gasteiger charge is 2.38. The molecule has 1 atom stereocenters. The van der Waals surface area contributed by atoms with Gasteiger partial charge in [0.2, 0.25) is 0 Å². The topological polar surface area (TPSA) is 74.6 Å². The average Bonchev–Trinajstić information content (AvgIpc) is 3.31. The summed E-state index contributed by atoms with van der Waals surface area (Å²) in [7, 11) is 1.70. The quantitative estimate of drug-likeness (QED) is 0.144. The van der Waals surface area contributed by atoms with Crippen LogP contribution < -0.4 is 10.1 Å². The van der Waals surface area contributed by atoms with E-state index in [9.17, 15) is 22.4 Å². The zero-order valence-corrected chi connectivity index (χ0v) is 25.2. The molecular weight excluding hydrogens is 618 g/mol. The second-order valence-electron chi connectivity index (χ2n) is 9.75. The number of carbonyl (C=O) groups is 1. The third-order valence-electron chi connectivity index (χ3n) is 5.97. The summed E-state index contributed by atoms with van der Waals surface area (Å²) >= 11 is 3.33. The number of nitrogens with zero attached hydrogens (tertiary/aromatic N) is 2. The minimum atomic E-state index is -4.72. The molecule has 3 aromatic rings. The van der Waals surface area contributed by atoms with Crippen molar-refractivity contribution in [3.63, 3.8) is 0 Å². The summed E-state index contributed by atoms with van der Waals surface area (Å²) in [5, 5.41) is 3.16. The second kappa shape index (κ2) is 13.4. The van der Waals surface area contributed by atoms with Crippen LogP contribution in [0.25, 0.3) is 0 Å². The molecule has 0 aliphatic rings. The fourth-order valence-corrected chi connectivity index (χ4v) is 4.91. The zero-order valence-electron chi connectivity index (χ0n) is 22.8. The van der Waals surface area contributed by atoms with Gasteiger partial charge in [-0.05, 0) is 54.7 Å². The minimum absolute atomic E-state index is 0.00446. The Hall–Kier alpha value is -2.61. The lowest BCUT2D eigenvalue weighted by atomic mass is 10.0. The van der Waals surface area contributed by atoms with Crippen LogP contribution >= 0.6 is 26.0 Å². The van der Waals surface area contributed by atoms with Gasteiger partial charge in [0.05, 0.1) is 38.6 Å². The number of imidazole rings is 1. The van der Waals surface area contributed by atoms with Crippen molar-refractivity contribution in [3.05, 3.63) is 81.1 Å². The van der Waals surface area contributed by atoms with Gasteiger partial charge < -0.3 is 14.2 Å². The van der Waals surface area contributed by atoms with Gasteiger partial charge in [-0.1, -0.05) is 22.0 Å². The number of hydrogen-bond donors (Lipinski definition) is 1. The minimum Gasteiger partial charge on any atom is -0.496 e. The van der Waals surface area contributed by atoms with Gasteiger partial charge in [-0.15, -0.1) is 0 Å². The number of nitrogens with one attached hydrogen (secondary N) is 1. The molecule has 13 heteroatoms. The monoisotopic (exact) mass is 649 g/mol. The van der Waals surface area contributed by atoms with E-state index in [4.69, 9.17) is 14.2 Å². The first-order valence-electron chi connectivity index (χ1n) is 12.0. The van der Waals surface area contributed by atoms with Crippen molar-refractivity contribution >= 4 is 31.9 Å². The number of alkyl halides is 3. The predicted molar refractivity (Wildman–Crippen MR) is 151 cm³/mol. The van der Waals surface area contributed by atoms with E-state index < -0.39 is 46.5 Å². The van der Waals surface area contributed by atoms with Gasteiger partial charge in [0.15, 0.2) is 0 Å². The fraction of sp³-hybridized carbons (Fsp3) is 0.407. The maximum atomic E-state index is 14.5. The number of benzene rings is 2. The van der Waals surface area contributed by atoms with Crippen molar-refractivity contribution in [1.82, 2.24) is 14.9 Å². The number of rotatable bonds is 12. The molecule has 0 fully saturated rings. The number of esters is 1. The van der Waals surface area contributed by atoms with Crippen LogP contribution in [-0.4, -0.2) is 60.9 Å². The highest BCUT2D eigenvalue weighted by Crippen LogP contribution is 2.36. The van der Waals surface area contributed by atoms with Gasteiger partial charge >= 0.3 is 12.1 Å². The molecule has 40 heavy (non-hydrogen) atoms. The third-order valence-corrected chi connectivity index (χ3v) is 7.86. The van der Waals surface area contributed by atoms with Crippen LogP contribution in [0.4, 0.5) is 17.6 Å². The Bertz CT molecular complexity index is 1330. The standard InChI is InChI=1S/C27H32BrF4N3O4S/c1-37-22-9-8-19(29)13-21(22)24(33-14-17-6-7-18(28)12-20(17)26(36)38-2)25-34-15-23(27(30,31)32)35(25)16-39-10-11-40(3,4)5/h6-9,12-13,15,24,33H,10-11,14,16H2,1-5H3. The molecule has 0 saturated heterocycles. The van der Waals surface area contributed by atoms with Crippen molar-refractivity contribution in [2.45, 2.75) is 25.5 Å². The molecule has 1 heterocycles. The maximum Gasteiger partial charge on any atom is 0.433 e. The van der Waals surface area contributed by atoms with E-state index in [0.717, 1.165) is 10.8 Å². The Labute approximate surface area is 240 Å². The summed E-state index contributed by atoms with van der Waals surface area (Å²) in [5.41, 5.74) is -0.0266. The molecule has 7 nitrogen and oxygen atoms in total. The molecule has 3 rings (SSSR count). The van der Waals surface area contributed by atoms with Crippen molar-refractivity contribution in [2.75, 3.05) is 45.3 Å². The van der Waals surface area contributed by atoms with Crippen LogP contribution in [0.15, 0.2) is 47.1 Å². The number of halogens is 5. The highest BCUT2D eigenvalue weighted by atomic mass is 79.9. The van der Waals surface area contributed by atoms with E-state index in [2.05, 4.69) is 45.0 Å². The van der Waals surface area contributed by atoms with E-state index in [1.165, 1.54) is 32.4 Å².